The van der Waals surface area contributed by atoms with Crippen LogP contribution >= 0.6 is 23.4 Å². The zero-order valence-corrected chi connectivity index (χ0v) is 10.9. The van der Waals surface area contributed by atoms with E-state index < -0.39 is 0 Å². The lowest BCUT2D eigenvalue weighted by Crippen LogP contribution is -1.88. The molecule has 2 aromatic heterocycles. The largest absolute Gasteiger partial charge is 0.399 e. The van der Waals surface area contributed by atoms with Crippen molar-refractivity contribution in [2.24, 2.45) is 0 Å². The number of H-pyrrole nitrogens is 1. The molecule has 3 aromatic rings. The maximum absolute atomic E-state index is 5.88. The predicted molar refractivity (Wildman–Crippen MR) is 76.1 cm³/mol. The van der Waals surface area contributed by atoms with E-state index in [0.717, 1.165) is 15.6 Å². The Hall–Kier alpha value is -1.65. The first-order valence-corrected chi connectivity index (χ1v) is 6.59. The van der Waals surface area contributed by atoms with Gasteiger partial charge in [0.25, 0.3) is 0 Å². The fourth-order valence-corrected chi connectivity index (χ4v) is 2.94. The minimum atomic E-state index is 0.411. The van der Waals surface area contributed by atoms with Crippen molar-refractivity contribution in [2.75, 3.05) is 5.73 Å². The minimum Gasteiger partial charge on any atom is -0.399 e. The number of hydrogen-bond donors (Lipinski definition) is 2. The summed E-state index contributed by atoms with van der Waals surface area (Å²) in [6.07, 6.45) is 0. The van der Waals surface area contributed by atoms with Crippen LogP contribution in [-0.2, 0) is 0 Å². The third-order valence-corrected chi connectivity index (χ3v) is 3.56. The summed E-state index contributed by atoms with van der Waals surface area (Å²) >= 11 is 7.39. The minimum absolute atomic E-state index is 0.411. The van der Waals surface area contributed by atoms with Crippen LogP contribution < -0.4 is 5.73 Å². The summed E-state index contributed by atoms with van der Waals surface area (Å²) in [5.41, 5.74) is 7.47. The lowest BCUT2D eigenvalue weighted by molar-refractivity contribution is 1.12. The van der Waals surface area contributed by atoms with Crippen LogP contribution in [0.5, 0.6) is 0 Å². The summed E-state index contributed by atoms with van der Waals surface area (Å²) in [5, 5.41) is 3.39. The number of pyridine rings is 1. The van der Waals surface area contributed by atoms with Gasteiger partial charge in [-0.05, 0) is 24.3 Å². The van der Waals surface area contributed by atoms with E-state index in [9.17, 15) is 0 Å². The molecule has 0 aliphatic heterocycles. The lowest BCUT2D eigenvalue weighted by atomic mass is 10.3. The van der Waals surface area contributed by atoms with Gasteiger partial charge in [-0.2, -0.15) is 0 Å². The van der Waals surface area contributed by atoms with Crippen molar-refractivity contribution < 1.29 is 0 Å². The van der Waals surface area contributed by atoms with Crippen molar-refractivity contribution >= 4 is 40.0 Å². The Balaban J connectivity index is 1.96. The second-order valence-corrected chi connectivity index (χ2v) is 5.33. The third kappa shape index (κ3) is 2.30. The molecule has 0 amide bonds. The van der Waals surface area contributed by atoms with Gasteiger partial charge >= 0.3 is 0 Å². The zero-order chi connectivity index (χ0) is 12.5. The smallest absolute Gasteiger partial charge is 0.132 e. The summed E-state index contributed by atoms with van der Waals surface area (Å²) in [5.74, 6) is 0. The van der Waals surface area contributed by atoms with Gasteiger partial charge in [0.15, 0.2) is 0 Å². The molecule has 1 aromatic carbocycles. The van der Waals surface area contributed by atoms with Gasteiger partial charge in [-0.15, -0.1) is 0 Å². The van der Waals surface area contributed by atoms with Crippen LogP contribution in [0.25, 0.3) is 10.9 Å². The van der Waals surface area contributed by atoms with Crippen molar-refractivity contribution in [3.8, 4) is 0 Å². The first-order valence-electron chi connectivity index (χ1n) is 5.39. The highest BCUT2D eigenvalue weighted by atomic mass is 35.5. The number of fused-ring (bicyclic) bond motifs is 1. The number of nitrogens with one attached hydrogen (secondary N) is 1. The number of halogens is 1. The molecule has 5 heteroatoms. The third-order valence-electron chi connectivity index (χ3n) is 2.51. The van der Waals surface area contributed by atoms with Crippen LogP contribution in [0.15, 0.2) is 52.5 Å². The van der Waals surface area contributed by atoms with Gasteiger partial charge in [0.1, 0.15) is 10.2 Å². The van der Waals surface area contributed by atoms with Crippen molar-refractivity contribution in [3.63, 3.8) is 0 Å². The summed E-state index contributed by atoms with van der Waals surface area (Å²) < 4.78 is 0. The Morgan fingerprint density at radius 1 is 1.17 bits per heavy atom. The molecule has 0 saturated carbocycles. The maximum Gasteiger partial charge on any atom is 0.132 e. The fourth-order valence-electron chi connectivity index (χ4n) is 1.76. The van der Waals surface area contributed by atoms with Crippen LogP contribution in [-0.4, -0.2) is 9.97 Å². The Bertz CT molecular complexity index is 655. The van der Waals surface area contributed by atoms with Crippen molar-refractivity contribution in [1.82, 2.24) is 9.97 Å². The molecule has 2 heterocycles. The second kappa shape index (κ2) is 4.55. The molecular formula is C13H10ClN3S. The number of nitrogen functional groups attached to an aromatic ring is 1. The molecule has 0 radical (unpaired) electrons. The number of anilines is 1. The van der Waals surface area contributed by atoms with E-state index in [4.69, 9.17) is 17.3 Å². The Morgan fingerprint density at radius 2 is 2.00 bits per heavy atom. The van der Waals surface area contributed by atoms with E-state index in [-0.39, 0.29) is 0 Å². The van der Waals surface area contributed by atoms with E-state index in [1.807, 2.05) is 24.3 Å². The van der Waals surface area contributed by atoms with Gasteiger partial charge in [0.2, 0.25) is 0 Å². The van der Waals surface area contributed by atoms with E-state index in [0.29, 0.717) is 10.8 Å². The number of para-hydroxylation sites is 1. The van der Waals surface area contributed by atoms with Gasteiger partial charge in [-0.1, -0.05) is 41.6 Å². The quantitative estimate of drug-likeness (QED) is 0.696. The van der Waals surface area contributed by atoms with E-state index in [2.05, 4.69) is 22.1 Å². The van der Waals surface area contributed by atoms with Crippen LogP contribution in [0.1, 0.15) is 0 Å². The first-order chi connectivity index (χ1) is 8.70. The molecule has 3 rings (SSSR count). The number of benzene rings is 1. The molecule has 18 heavy (non-hydrogen) atoms. The monoisotopic (exact) mass is 275 g/mol. The molecule has 3 N–H and O–H groups in total. The Kier molecular flexibility index (Phi) is 2.89. The van der Waals surface area contributed by atoms with Crippen LogP contribution in [0, 0.1) is 0 Å². The van der Waals surface area contributed by atoms with Crippen molar-refractivity contribution in [2.45, 2.75) is 10.1 Å². The molecule has 0 fully saturated rings. The Labute approximate surface area is 113 Å². The number of aromatic nitrogens is 2. The van der Waals surface area contributed by atoms with E-state index in [1.165, 1.54) is 17.1 Å². The molecule has 90 valence electrons. The van der Waals surface area contributed by atoms with Gasteiger partial charge in [0.05, 0.1) is 5.03 Å². The molecule has 0 aliphatic carbocycles. The van der Waals surface area contributed by atoms with Gasteiger partial charge in [0, 0.05) is 16.6 Å². The van der Waals surface area contributed by atoms with Crippen LogP contribution in [0.3, 0.4) is 0 Å². The number of nitrogens with zero attached hydrogens (tertiary/aromatic N) is 1. The predicted octanol–water partition coefficient (Wildman–Crippen LogP) is 3.95. The average molecular weight is 276 g/mol. The SMILES string of the molecule is Nc1cc(Cl)nc(Sc2cc3ccccc3[nH]2)c1. The summed E-state index contributed by atoms with van der Waals surface area (Å²) in [6, 6.07) is 13.6. The first kappa shape index (κ1) is 11.4. The number of hydrogen-bond acceptors (Lipinski definition) is 3. The van der Waals surface area contributed by atoms with Gasteiger partial charge in [-0.25, -0.2) is 4.98 Å². The summed E-state index contributed by atoms with van der Waals surface area (Å²) in [7, 11) is 0. The molecule has 0 saturated heterocycles. The van der Waals surface area contributed by atoms with Gasteiger partial charge in [-0.3, -0.25) is 0 Å². The van der Waals surface area contributed by atoms with Crippen LogP contribution in [0.4, 0.5) is 5.69 Å². The topological polar surface area (TPSA) is 54.7 Å². The standard InChI is InChI=1S/C13H10ClN3S/c14-11-6-9(15)7-13(17-11)18-12-5-8-3-1-2-4-10(8)16-12/h1-7,16H,(H2,15,17). The highest BCUT2D eigenvalue weighted by Gasteiger charge is 2.05. The number of rotatable bonds is 2. The summed E-state index contributed by atoms with van der Waals surface area (Å²) in [4.78, 5) is 7.55. The van der Waals surface area contributed by atoms with Crippen molar-refractivity contribution in [1.29, 1.82) is 0 Å². The van der Waals surface area contributed by atoms with E-state index >= 15 is 0 Å². The molecular weight excluding hydrogens is 266 g/mol. The highest BCUT2D eigenvalue weighted by Crippen LogP contribution is 2.30. The molecule has 0 spiro atoms. The zero-order valence-electron chi connectivity index (χ0n) is 9.35. The Morgan fingerprint density at radius 3 is 2.78 bits per heavy atom. The normalized spacial score (nSPS) is 10.9. The maximum atomic E-state index is 5.88. The van der Waals surface area contributed by atoms with Gasteiger partial charge < -0.3 is 10.7 Å². The summed E-state index contributed by atoms with van der Waals surface area (Å²) in [6.45, 7) is 0. The number of aromatic amines is 1. The van der Waals surface area contributed by atoms with E-state index in [1.54, 1.807) is 6.07 Å². The molecule has 3 nitrogen and oxygen atoms in total. The molecule has 0 atom stereocenters. The highest BCUT2D eigenvalue weighted by molar-refractivity contribution is 7.99. The molecule has 0 aliphatic rings. The fraction of sp³-hybridized carbons (Fsp3) is 0. The van der Waals surface area contributed by atoms with Crippen molar-refractivity contribution in [3.05, 3.63) is 47.6 Å². The lowest BCUT2D eigenvalue weighted by Gasteiger charge is -2.00. The average Bonchev–Trinajstić information content (AvgIpc) is 2.69. The molecule has 0 unspecified atom stereocenters. The van der Waals surface area contributed by atoms with Crippen LogP contribution in [0.2, 0.25) is 5.15 Å². The second-order valence-electron chi connectivity index (χ2n) is 3.88. The molecule has 0 bridgehead atoms. The number of nitrogens with two attached hydrogens (primary N) is 1.